The van der Waals surface area contributed by atoms with Gasteiger partial charge in [-0.2, -0.15) is 5.26 Å². The number of amides is 1. The van der Waals surface area contributed by atoms with Gasteiger partial charge in [0.2, 0.25) is 10.0 Å². The number of pyridine rings is 1. The summed E-state index contributed by atoms with van der Waals surface area (Å²) in [7, 11) is -3.64. The number of nitrogens with zero attached hydrogens (tertiary/aromatic N) is 4. The minimum atomic E-state index is -3.64. The highest BCUT2D eigenvalue weighted by molar-refractivity contribution is 9.10. The van der Waals surface area contributed by atoms with Crippen molar-refractivity contribution in [1.29, 1.82) is 5.26 Å². The molecule has 0 atom stereocenters. The number of anilines is 1. The fourth-order valence-electron chi connectivity index (χ4n) is 3.35. The molecule has 0 spiro atoms. The van der Waals surface area contributed by atoms with Gasteiger partial charge in [-0.1, -0.05) is 0 Å². The van der Waals surface area contributed by atoms with Gasteiger partial charge in [0.1, 0.15) is 11.9 Å². The van der Waals surface area contributed by atoms with Crippen LogP contribution in [0, 0.1) is 11.3 Å². The van der Waals surface area contributed by atoms with Gasteiger partial charge >= 0.3 is 0 Å². The van der Waals surface area contributed by atoms with Crippen LogP contribution < -0.4 is 9.62 Å². The molecule has 4 rings (SSSR count). The molecule has 0 bridgehead atoms. The maximum absolute atomic E-state index is 13.1. The average Bonchev–Trinajstić information content (AvgIpc) is 3.57. The molecule has 2 fully saturated rings. The lowest BCUT2D eigenvalue weighted by atomic mass is 10.1. The first-order valence-electron chi connectivity index (χ1n) is 9.60. The van der Waals surface area contributed by atoms with E-state index in [2.05, 4.69) is 31.7 Å². The molecule has 0 radical (unpaired) electrons. The summed E-state index contributed by atoms with van der Waals surface area (Å²) in [5.74, 6) is 0.388. The fraction of sp³-hybridized carbons (Fsp3) is 0.350. The number of aromatic nitrogens is 1. The standard InChI is InChI=1S/C20H20BrN5O3S/c21-18-6-5-16(30(28,29)24-15-3-4-15)12-17(18)20(27)26-10-8-25(9-11-26)19-14(13-22)2-1-7-23-19/h1-2,5-7,12,15,24H,3-4,8-11H2. The number of carbonyl (C=O) groups excluding carboxylic acids is 1. The van der Waals surface area contributed by atoms with Gasteiger partial charge in [-0.25, -0.2) is 18.1 Å². The van der Waals surface area contributed by atoms with Crippen LogP contribution in [-0.2, 0) is 10.0 Å². The van der Waals surface area contributed by atoms with Crippen molar-refractivity contribution in [3.05, 3.63) is 52.1 Å². The van der Waals surface area contributed by atoms with E-state index in [9.17, 15) is 18.5 Å². The van der Waals surface area contributed by atoms with Gasteiger partial charge in [0, 0.05) is 42.9 Å². The second-order valence-corrected chi connectivity index (χ2v) is 9.87. The summed E-state index contributed by atoms with van der Waals surface area (Å²) >= 11 is 3.38. The first kappa shape index (κ1) is 20.8. The number of hydrogen-bond donors (Lipinski definition) is 1. The van der Waals surface area contributed by atoms with Crippen molar-refractivity contribution < 1.29 is 13.2 Å². The van der Waals surface area contributed by atoms with E-state index in [0.717, 1.165) is 12.8 Å². The first-order chi connectivity index (χ1) is 14.4. The molecular formula is C20H20BrN5O3S. The smallest absolute Gasteiger partial charge is 0.255 e. The third-order valence-corrected chi connectivity index (χ3v) is 7.36. The van der Waals surface area contributed by atoms with Crippen LogP contribution >= 0.6 is 15.9 Å². The minimum Gasteiger partial charge on any atom is -0.352 e. The lowest BCUT2D eigenvalue weighted by molar-refractivity contribution is 0.0745. The Hall–Kier alpha value is -2.48. The molecule has 0 unspecified atom stereocenters. The molecule has 1 aliphatic carbocycles. The summed E-state index contributed by atoms with van der Waals surface area (Å²) in [6, 6.07) is 10.1. The van der Waals surface area contributed by atoms with Crippen LogP contribution in [0.2, 0.25) is 0 Å². The van der Waals surface area contributed by atoms with E-state index in [0.29, 0.717) is 47.6 Å². The molecule has 1 amide bonds. The topological polar surface area (TPSA) is 106 Å². The monoisotopic (exact) mass is 489 g/mol. The normalized spacial score (nSPS) is 16.9. The lowest BCUT2D eigenvalue weighted by Gasteiger charge is -2.35. The number of piperazine rings is 1. The maximum atomic E-state index is 13.1. The Morgan fingerprint density at radius 3 is 2.60 bits per heavy atom. The summed E-state index contributed by atoms with van der Waals surface area (Å²) in [5.41, 5.74) is 0.818. The van der Waals surface area contributed by atoms with E-state index in [4.69, 9.17) is 0 Å². The minimum absolute atomic E-state index is 0.00391. The zero-order valence-corrected chi connectivity index (χ0v) is 18.5. The third kappa shape index (κ3) is 4.33. The van der Waals surface area contributed by atoms with Gasteiger partial charge in [-0.05, 0) is 59.1 Å². The summed E-state index contributed by atoms with van der Waals surface area (Å²) < 4.78 is 28.2. The van der Waals surface area contributed by atoms with E-state index in [-0.39, 0.29) is 16.8 Å². The Bertz CT molecular complexity index is 1120. The molecule has 1 aromatic carbocycles. The van der Waals surface area contributed by atoms with E-state index in [1.807, 2.05) is 4.90 Å². The summed E-state index contributed by atoms with van der Waals surface area (Å²) in [6.07, 6.45) is 3.33. The molecule has 1 aliphatic heterocycles. The summed E-state index contributed by atoms with van der Waals surface area (Å²) in [4.78, 5) is 21.2. The van der Waals surface area contributed by atoms with Gasteiger partial charge in [0.05, 0.1) is 16.0 Å². The average molecular weight is 490 g/mol. The zero-order chi connectivity index (χ0) is 21.3. The van der Waals surface area contributed by atoms with E-state index < -0.39 is 10.0 Å². The highest BCUT2D eigenvalue weighted by atomic mass is 79.9. The zero-order valence-electron chi connectivity index (χ0n) is 16.1. The second-order valence-electron chi connectivity index (χ2n) is 7.30. The molecule has 10 heteroatoms. The Balaban J connectivity index is 1.49. The van der Waals surface area contributed by atoms with Crippen LogP contribution in [0.3, 0.4) is 0 Å². The Morgan fingerprint density at radius 2 is 1.93 bits per heavy atom. The van der Waals surface area contributed by atoms with Crippen molar-refractivity contribution in [2.75, 3.05) is 31.1 Å². The molecule has 2 aromatic rings. The van der Waals surface area contributed by atoms with Crippen molar-refractivity contribution in [1.82, 2.24) is 14.6 Å². The highest BCUT2D eigenvalue weighted by Gasteiger charge is 2.30. The van der Waals surface area contributed by atoms with Gasteiger partial charge < -0.3 is 9.80 Å². The number of halogens is 1. The Kier molecular flexibility index (Phi) is 5.77. The Morgan fingerprint density at radius 1 is 1.20 bits per heavy atom. The molecule has 1 saturated carbocycles. The number of hydrogen-bond acceptors (Lipinski definition) is 6. The first-order valence-corrected chi connectivity index (χ1v) is 11.9. The molecule has 1 N–H and O–H groups in total. The quantitative estimate of drug-likeness (QED) is 0.689. The predicted octanol–water partition coefficient (Wildman–Crippen LogP) is 2.12. The fourth-order valence-corrected chi connectivity index (χ4v) is 5.10. The number of nitrogens with one attached hydrogen (secondary N) is 1. The van der Waals surface area contributed by atoms with Crippen molar-refractivity contribution >= 4 is 37.7 Å². The molecule has 2 heterocycles. The predicted molar refractivity (Wildman–Crippen MR) is 115 cm³/mol. The van der Waals surface area contributed by atoms with E-state index in [1.54, 1.807) is 29.3 Å². The van der Waals surface area contributed by atoms with Crippen LogP contribution in [0.4, 0.5) is 5.82 Å². The lowest BCUT2D eigenvalue weighted by Crippen LogP contribution is -2.49. The Labute approximate surface area is 183 Å². The van der Waals surface area contributed by atoms with Crippen LogP contribution in [-0.4, -0.2) is 56.4 Å². The molecular weight excluding hydrogens is 470 g/mol. The largest absolute Gasteiger partial charge is 0.352 e. The van der Waals surface area contributed by atoms with Crippen LogP contribution in [0.5, 0.6) is 0 Å². The third-order valence-electron chi connectivity index (χ3n) is 5.15. The molecule has 30 heavy (non-hydrogen) atoms. The van der Waals surface area contributed by atoms with Gasteiger partial charge in [-0.15, -0.1) is 0 Å². The van der Waals surface area contributed by atoms with E-state index in [1.165, 1.54) is 12.1 Å². The van der Waals surface area contributed by atoms with Crippen LogP contribution in [0.15, 0.2) is 45.9 Å². The molecule has 1 saturated heterocycles. The van der Waals surface area contributed by atoms with Crippen LogP contribution in [0.1, 0.15) is 28.8 Å². The molecule has 8 nitrogen and oxygen atoms in total. The van der Waals surface area contributed by atoms with Crippen molar-refractivity contribution in [3.63, 3.8) is 0 Å². The van der Waals surface area contributed by atoms with Crippen molar-refractivity contribution in [2.45, 2.75) is 23.8 Å². The van der Waals surface area contributed by atoms with Crippen molar-refractivity contribution in [2.24, 2.45) is 0 Å². The number of carbonyl (C=O) groups is 1. The second kappa shape index (κ2) is 8.34. The number of benzene rings is 1. The highest BCUT2D eigenvalue weighted by Crippen LogP contribution is 2.26. The molecule has 156 valence electrons. The summed E-state index contributed by atoms with van der Waals surface area (Å²) in [6.45, 7) is 1.97. The summed E-state index contributed by atoms with van der Waals surface area (Å²) in [5, 5.41) is 9.28. The SMILES string of the molecule is N#Cc1cccnc1N1CCN(C(=O)c2cc(S(=O)(=O)NC3CC3)ccc2Br)CC1. The van der Waals surface area contributed by atoms with Gasteiger partial charge in [-0.3, -0.25) is 4.79 Å². The number of nitriles is 1. The number of sulfonamides is 1. The van der Waals surface area contributed by atoms with Gasteiger partial charge in [0.25, 0.3) is 5.91 Å². The number of rotatable bonds is 5. The molecule has 2 aliphatic rings. The van der Waals surface area contributed by atoms with Crippen molar-refractivity contribution in [3.8, 4) is 6.07 Å². The van der Waals surface area contributed by atoms with Gasteiger partial charge in [0.15, 0.2) is 0 Å². The van der Waals surface area contributed by atoms with Crippen LogP contribution in [0.25, 0.3) is 0 Å². The molecule has 1 aromatic heterocycles. The maximum Gasteiger partial charge on any atom is 0.255 e. The van der Waals surface area contributed by atoms with E-state index >= 15 is 0 Å².